The molecule has 0 atom stereocenters. The summed E-state index contributed by atoms with van der Waals surface area (Å²) in [7, 11) is 0. The van der Waals surface area contributed by atoms with Gasteiger partial charge in [0.15, 0.2) is 23.0 Å². The second kappa shape index (κ2) is 10.7. The minimum atomic E-state index is 0.278. The van der Waals surface area contributed by atoms with Crippen molar-refractivity contribution in [3.05, 3.63) is 79.7 Å². The molecule has 0 radical (unpaired) electrons. The van der Waals surface area contributed by atoms with Crippen LogP contribution in [-0.2, 0) is 19.7 Å². The van der Waals surface area contributed by atoms with E-state index in [0.29, 0.717) is 47.8 Å². The van der Waals surface area contributed by atoms with Crippen molar-refractivity contribution in [2.24, 2.45) is 0 Å². The van der Waals surface area contributed by atoms with E-state index >= 15 is 0 Å². The van der Waals surface area contributed by atoms with E-state index in [-0.39, 0.29) is 6.79 Å². The van der Waals surface area contributed by atoms with Gasteiger partial charge in [0.1, 0.15) is 6.61 Å². The molecule has 3 aromatic rings. The molecule has 0 aromatic heterocycles. The quantitative estimate of drug-likeness (QED) is 0.326. The van der Waals surface area contributed by atoms with Gasteiger partial charge in [-0.15, -0.1) is 0 Å². The molecule has 0 spiro atoms. The summed E-state index contributed by atoms with van der Waals surface area (Å²) in [5.74, 6) is 2.91. The van der Waals surface area contributed by atoms with Crippen molar-refractivity contribution in [1.29, 1.82) is 0 Å². The summed E-state index contributed by atoms with van der Waals surface area (Å²) in [5, 5.41) is 4.47. The molecule has 0 aliphatic carbocycles. The predicted molar refractivity (Wildman–Crippen MR) is 129 cm³/mol. The Balaban J connectivity index is 1.41. The smallest absolute Gasteiger partial charge is 0.231 e. The van der Waals surface area contributed by atoms with Crippen molar-refractivity contribution in [1.82, 2.24) is 5.32 Å². The molecule has 32 heavy (non-hydrogen) atoms. The Morgan fingerprint density at radius 3 is 2.47 bits per heavy atom. The van der Waals surface area contributed by atoms with Gasteiger partial charge in [-0.1, -0.05) is 35.3 Å². The van der Waals surface area contributed by atoms with Crippen LogP contribution in [0.15, 0.2) is 53.0 Å². The third-order valence-electron chi connectivity index (χ3n) is 4.83. The van der Waals surface area contributed by atoms with Crippen molar-refractivity contribution in [3.63, 3.8) is 0 Å². The summed E-state index contributed by atoms with van der Waals surface area (Å²) in [6.45, 7) is 4.47. The van der Waals surface area contributed by atoms with Crippen LogP contribution < -0.4 is 24.3 Å². The molecule has 1 N–H and O–H groups in total. The lowest BCUT2D eigenvalue weighted by atomic mass is 10.1. The Morgan fingerprint density at radius 1 is 0.875 bits per heavy atom. The van der Waals surface area contributed by atoms with Crippen LogP contribution in [0.25, 0.3) is 0 Å². The lowest BCUT2D eigenvalue weighted by molar-refractivity contribution is 0.174. The zero-order valence-electron chi connectivity index (χ0n) is 17.4. The highest BCUT2D eigenvalue weighted by molar-refractivity contribution is 9.10. The first-order valence-corrected chi connectivity index (χ1v) is 11.7. The van der Waals surface area contributed by atoms with Crippen LogP contribution >= 0.6 is 39.1 Å². The maximum atomic E-state index is 6.11. The van der Waals surface area contributed by atoms with Gasteiger partial charge in [-0.3, -0.25) is 0 Å². The lowest BCUT2D eigenvalue weighted by Gasteiger charge is -2.16. The van der Waals surface area contributed by atoms with Gasteiger partial charge >= 0.3 is 0 Å². The number of hydrogen-bond donors (Lipinski definition) is 1. The first kappa shape index (κ1) is 23.1. The largest absolute Gasteiger partial charge is 0.490 e. The van der Waals surface area contributed by atoms with Crippen molar-refractivity contribution in [2.45, 2.75) is 26.6 Å². The van der Waals surface area contributed by atoms with Crippen LogP contribution in [0.2, 0.25) is 10.0 Å². The normalized spacial score (nSPS) is 12.1. The van der Waals surface area contributed by atoms with Gasteiger partial charge in [0.25, 0.3) is 0 Å². The average Bonchev–Trinajstić information content (AvgIpc) is 3.24. The van der Waals surface area contributed by atoms with E-state index in [2.05, 4.69) is 21.2 Å². The molecule has 0 saturated carbocycles. The minimum Gasteiger partial charge on any atom is -0.490 e. The van der Waals surface area contributed by atoms with E-state index in [1.54, 1.807) is 12.1 Å². The van der Waals surface area contributed by atoms with E-state index in [1.165, 1.54) is 0 Å². The summed E-state index contributed by atoms with van der Waals surface area (Å²) in [4.78, 5) is 0. The highest BCUT2D eigenvalue weighted by Gasteiger charge is 2.15. The van der Waals surface area contributed by atoms with E-state index in [1.807, 2.05) is 43.3 Å². The summed E-state index contributed by atoms with van der Waals surface area (Å²) in [5.41, 5.74) is 3.12. The molecule has 0 saturated heterocycles. The second-order valence-corrected chi connectivity index (χ2v) is 8.83. The number of rotatable bonds is 9. The average molecular weight is 539 g/mol. The molecular formula is C24H22BrCl2NO4. The molecule has 5 nitrogen and oxygen atoms in total. The molecular weight excluding hydrogens is 517 g/mol. The molecule has 3 aromatic carbocycles. The standard InChI is InChI=1S/C24H22BrCl2NO4/c1-2-29-23-10-17(12-28-11-15-4-6-21-22(9-15)32-14-31-21)7-18(25)24(23)30-13-16-3-5-19(26)20(27)8-16/h3-10,28H,2,11-14H2,1H3. The molecule has 1 heterocycles. The number of ether oxygens (including phenoxy) is 4. The van der Waals surface area contributed by atoms with Crippen LogP contribution in [0, 0.1) is 0 Å². The Kier molecular flexibility index (Phi) is 7.68. The highest BCUT2D eigenvalue weighted by Crippen LogP contribution is 2.38. The topological polar surface area (TPSA) is 49.0 Å². The van der Waals surface area contributed by atoms with E-state index in [9.17, 15) is 0 Å². The third kappa shape index (κ3) is 5.62. The Bertz CT molecular complexity index is 1110. The molecule has 0 bridgehead atoms. The molecule has 168 valence electrons. The van der Waals surface area contributed by atoms with Gasteiger partial charge in [-0.25, -0.2) is 0 Å². The van der Waals surface area contributed by atoms with Crippen LogP contribution in [0.3, 0.4) is 0 Å². The number of hydrogen-bond acceptors (Lipinski definition) is 5. The molecule has 0 unspecified atom stereocenters. The van der Waals surface area contributed by atoms with E-state index < -0.39 is 0 Å². The Labute approximate surface area is 205 Å². The van der Waals surface area contributed by atoms with Gasteiger partial charge in [0.05, 0.1) is 21.1 Å². The summed E-state index contributed by atoms with van der Waals surface area (Å²) >= 11 is 15.7. The second-order valence-electron chi connectivity index (χ2n) is 7.17. The number of benzene rings is 3. The van der Waals surface area contributed by atoms with Gasteiger partial charge < -0.3 is 24.3 Å². The maximum Gasteiger partial charge on any atom is 0.231 e. The molecule has 1 aliphatic heterocycles. The van der Waals surface area contributed by atoms with Crippen molar-refractivity contribution >= 4 is 39.1 Å². The highest BCUT2D eigenvalue weighted by atomic mass is 79.9. The molecule has 0 fully saturated rings. The Morgan fingerprint density at radius 2 is 1.66 bits per heavy atom. The number of halogens is 3. The summed E-state index contributed by atoms with van der Waals surface area (Å²) in [6, 6.07) is 15.4. The predicted octanol–water partition coefficient (Wildman–Crippen LogP) is 6.75. The molecule has 4 rings (SSSR count). The van der Waals surface area contributed by atoms with Crippen LogP contribution in [0.5, 0.6) is 23.0 Å². The summed E-state index contributed by atoms with van der Waals surface area (Å²) in [6.07, 6.45) is 0. The van der Waals surface area contributed by atoms with Crippen LogP contribution in [0.1, 0.15) is 23.6 Å². The van der Waals surface area contributed by atoms with Gasteiger partial charge in [0.2, 0.25) is 6.79 Å². The van der Waals surface area contributed by atoms with E-state index in [0.717, 1.165) is 32.7 Å². The lowest BCUT2D eigenvalue weighted by Crippen LogP contribution is -2.13. The monoisotopic (exact) mass is 537 g/mol. The van der Waals surface area contributed by atoms with E-state index in [4.69, 9.17) is 42.1 Å². The molecule has 0 amide bonds. The third-order valence-corrected chi connectivity index (χ3v) is 6.16. The van der Waals surface area contributed by atoms with Gasteiger partial charge in [-0.05, 0) is 75.9 Å². The maximum absolute atomic E-state index is 6.11. The fraction of sp³-hybridized carbons (Fsp3) is 0.250. The van der Waals surface area contributed by atoms with Crippen molar-refractivity contribution in [2.75, 3.05) is 13.4 Å². The summed E-state index contributed by atoms with van der Waals surface area (Å²) < 4.78 is 23.5. The fourth-order valence-electron chi connectivity index (χ4n) is 3.31. The van der Waals surface area contributed by atoms with Crippen LogP contribution in [-0.4, -0.2) is 13.4 Å². The molecule has 8 heteroatoms. The van der Waals surface area contributed by atoms with Crippen molar-refractivity contribution in [3.8, 4) is 23.0 Å². The van der Waals surface area contributed by atoms with Gasteiger partial charge in [-0.2, -0.15) is 0 Å². The first-order chi connectivity index (χ1) is 15.5. The Hall–Kier alpha value is -2.12. The number of fused-ring (bicyclic) bond motifs is 1. The number of nitrogens with one attached hydrogen (secondary N) is 1. The minimum absolute atomic E-state index is 0.278. The van der Waals surface area contributed by atoms with Gasteiger partial charge in [0, 0.05) is 13.1 Å². The first-order valence-electron chi connectivity index (χ1n) is 10.1. The fourth-order valence-corrected chi connectivity index (χ4v) is 4.24. The van der Waals surface area contributed by atoms with Crippen molar-refractivity contribution < 1.29 is 18.9 Å². The zero-order valence-corrected chi connectivity index (χ0v) is 20.5. The molecule has 1 aliphatic rings. The van der Waals surface area contributed by atoms with Crippen LogP contribution in [0.4, 0.5) is 0 Å². The SMILES string of the molecule is CCOc1cc(CNCc2ccc3c(c2)OCO3)cc(Br)c1OCc1ccc(Cl)c(Cl)c1. The zero-order chi connectivity index (χ0) is 22.5.